The van der Waals surface area contributed by atoms with Crippen molar-refractivity contribution < 1.29 is 17.6 Å². The Balaban J connectivity index is 1.70. The Labute approximate surface area is 166 Å². The predicted octanol–water partition coefficient (Wildman–Crippen LogP) is 3.10. The largest absolute Gasteiger partial charge is 0.452 e. The maximum absolute atomic E-state index is 13.0. The molecule has 3 aromatic carbocycles. The van der Waals surface area contributed by atoms with Gasteiger partial charge in [0.05, 0.1) is 23.4 Å². The maximum Gasteiger partial charge on any atom is 0.444 e. The van der Waals surface area contributed by atoms with Crippen molar-refractivity contribution >= 4 is 26.5 Å². The van der Waals surface area contributed by atoms with Crippen molar-refractivity contribution in [3.05, 3.63) is 76.8 Å². The molecule has 1 aromatic heterocycles. The Hall–Kier alpha value is -3.59. The molecule has 1 heterocycles. The summed E-state index contributed by atoms with van der Waals surface area (Å²) in [4.78, 5) is 12.1. The van der Waals surface area contributed by atoms with Gasteiger partial charge in [0.1, 0.15) is 0 Å². The lowest BCUT2D eigenvalue weighted by atomic mass is 10.1. The van der Waals surface area contributed by atoms with Gasteiger partial charge in [0.25, 0.3) is 10.0 Å². The van der Waals surface area contributed by atoms with Gasteiger partial charge in [0.2, 0.25) is 0 Å². The van der Waals surface area contributed by atoms with Crippen molar-refractivity contribution in [1.29, 1.82) is 0 Å². The molecule has 0 radical (unpaired) electrons. The number of hydrogen-bond donors (Lipinski definition) is 1. The minimum absolute atomic E-state index is 0.159. The number of fused-ring (bicyclic) bond motifs is 1. The Morgan fingerprint density at radius 1 is 1.07 bits per heavy atom. The van der Waals surface area contributed by atoms with Crippen molar-refractivity contribution in [2.75, 3.05) is 11.8 Å². The molecule has 0 unspecified atom stereocenters. The van der Waals surface area contributed by atoms with Crippen LogP contribution in [0.5, 0.6) is 6.08 Å². The van der Waals surface area contributed by atoms with Gasteiger partial charge in [-0.1, -0.05) is 41.5 Å². The number of nitrogens with zero attached hydrogens (tertiary/aromatic N) is 2. The summed E-state index contributed by atoms with van der Waals surface area (Å²) in [5.41, 5.74) is 1.43. The standard InChI is InChI=1S/C20H17N3O5S/c1-13-12-15(23-20(24)28-19(21-23)27-2)10-11-17(13)22-29(25,26)18-9-5-7-14-6-3-4-8-16(14)18/h3-12,22H,1-2H3. The summed E-state index contributed by atoms with van der Waals surface area (Å²) in [5.74, 6) is -0.703. The Morgan fingerprint density at radius 2 is 1.83 bits per heavy atom. The molecule has 0 spiro atoms. The van der Waals surface area contributed by atoms with Crippen LogP contribution >= 0.6 is 0 Å². The highest BCUT2D eigenvalue weighted by Gasteiger charge is 2.19. The van der Waals surface area contributed by atoms with Crippen LogP contribution in [-0.4, -0.2) is 25.3 Å². The number of aromatic nitrogens is 2. The van der Waals surface area contributed by atoms with Gasteiger partial charge in [-0.25, -0.2) is 13.2 Å². The van der Waals surface area contributed by atoms with E-state index in [-0.39, 0.29) is 11.0 Å². The summed E-state index contributed by atoms with van der Waals surface area (Å²) in [5, 5.41) is 5.37. The molecular weight excluding hydrogens is 394 g/mol. The number of benzene rings is 3. The first-order valence-corrected chi connectivity index (χ1v) is 10.1. The van der Waals surface area contributed by atoms with E-state index in [9.17, 15) is 13.2 Å². The molecule has 29 heavy (non-hydrogen) atoms. The van der Waals surface area contributed by atoms with E-state index in [0.717, 1.165) is 10.1 Å². The average Bonchev–Trinajstić information content (AvgIpc) is 3.10. The quantitative estimate of drug-likeness (QED) is 0.541. The van der Waals surface area contributed by atoms with Gasteiger partial charge in [0, 0.05) is 5.39 Å². The highest BCUT2D eigenvalue weighted by Crippen LogP contribution is 2.27. The van der Waals surface area contributed by atoms with Gasteiger partial charge in [0.15, 0.2) is 0 Å². The molecule has 0 fully saturated rings. The van der Waals surface area contributed by atoms with E-state index in [4.69, 9.17) is 9.15 Å². The normalized spacial score (nSPS) is 11.5. The van der Waals surface area contributed by atoms with Crippen LogP contribution in [0.4, 0.5) is 5.69 Å². The van der Waals surface area contributed by atoms with Crippen molar-refractivity contribution in [3.63, 3.8) is 0 Å². The summed E-state index contributed by atoms with van der Waals surface area (Å²) in [7, 11) is -2.48. The molecule has 1 N–H and O–H groups in total. The van der Waals surface area contributed by atoms with E-state index in [2.05, 4.69) is 9.82 Å². The molecule has 0 bridgehead atoms. The third-order valence-electron chi connectivity index (χ3n) is 4.44. The summed E-state index contributed by atoms with van der Waals surface area (Å²) < 4.78 is 39.3. The molecule has 0 saturated carbocycles. The first-order chi connectivity index (χ1) is 13.9. The average molecular weight is 411 g/mol. The third kappa shape index (κ3) is 3.47. The van der Waals surface area contributed by atoms with Crippen LogP contribution < -0.4 is 15.2 Å². The van der Waals surface area contributed by atoms with Crippen LogP contribution in [0.3, 0.4) is 0 Å². The number of rotatable bonds is 5. The summed E-state index contributed by atoms with van der Waals surface area (Å²) in [6.45, 7) is 1.73. The molecule has 0 aliphatic rings. The smallest absolute Gasteiger partial charge is 0.444 e. The minimum atomic E-state index is -3.82. The van der Waals surface area contributed by atoms with Crippen LogP contribution in [0, 0.1) is 6.92 Å². The molecule has 0 aliphatic heterocycles. The van der Waals surface area contributed by atoms with Crippen molar-refractivity contribution in [1.82, 2.24) is 9.78 Å². The summed E-state index contributed by atoms with van der Waals surface area (Å²) >= 11 is 0. The second-order valence-electron chi connectivity index (χ2n) is 6.33. The Morgan fingerprint density at radius 3 is 2.55 bits per heavy atom. The van der Waals surface area contributed by atoms with Gasteiger partial charge >= 0.3 is 11.8 Å². The highest BCUT2D eigenvalue weighted by molar-refractivity contribution is 7.93. The van der Waals surface area contributed by atoms with Gasteiger partial charge in [-0.3, -0.25) is 4.72 Å². The minimum Gasteiger partial charge on any atom is -0.452 e. The molecule has 8 nitrogen and oxygen atoms in total. The Kier molecular flexibility index (Phi) is 4.59. The fraction of sp³-hybridized carbons (Fsp3) is 0.100. The van der Waals surface area contributed by atoms with Crippen molar-refractivity contribution in [2.45, 2.75) is 11.8 Å². The summed E-state index contributed by atoms with van der Waals surface area (Å²) in [6.07, 6.45) is -0.159. The molecule has 148 valence electrons. The van der Waals surface area contributed by atoms with Gasteiger partial charge < -0.3 is 9.15 Å². The van der Waals surface area contributed by atoms with Gasteiger partial charge in [-0.2, -0.15) is 4.68 Å². The number of sulfonamides is 1. The fourth-order valence-corrected chi connectivity index (χ4v) is 4.39. The molecule has 4 rings (SSSR count). The molecule has 0 aliphatic carbocycles. The number of nitrogens with one attached hydrogen (secondary N) is 1. The molecule has 0 atom stereocenters. The van der Waals surface area contributed by atoms with Crippen LogP contribution in [0.15, 0.2) is 74.8 Å². The van der Waals surface area contributed by atoms with Crippen molar-refractivity contribution in [3.8, 4) is 11.8 Å². The molecule has 0 amide bonds. The zero-order valence-corrected chi connectivity index (χ0v) is 16.4. The van der Waals surface area contributed by atoms with Crippen LogP contribution in [0.2, 0.25) is 0 Å². The van der Waals surface area contributed by atoms with E-state index < -0.39 is 15.8 Å². The molecule has 0 saturated heterocycles. The number of aryl methyl sites for hydroxylation is 1. The Bertz CT molecular complexity index is 1370. The summed E-state index contributed by atoms with van der Waals surface area (Å²) in [6, 6.07) is 17.2. The van der Waals surface area contributed by atoms with Crippen LogP contribution in [0.25, 0.3) is 16.5 Å². The van der Waals surface area contributed by atoms with Crippen LogP contribution in [0.1, 0.15) is 5.56 Å². The second kappa shape index (κ2) is 7.10. The third-order valence-corrected chi connectivity index (χ3v) is 5.87. The SMILES string of the molecule is COc1nn(-c2ccc(NS(=O)(=O)c3cccc4ccccc34)c(C)c2)c(=O)o1. The zero-order chi connectivity index (χ0) is 20.6. The first kappa shape index (κ1) is 18.8. The number of anilines is 1. The molecule has 9 heteroatoms. The lowest BCUT2D eigenvalue weighted by Gasteiger charge is -2.13. The van der Waals surface area contributed by atoms with Crippen LogP contribution in [-0.2, 0) is 10.0 Å². The topological polar surface area (TPSA) is 103 Å². The van der Waals surface area contributed by atoms with E-state index in [1.54, 1.807) is 49.4 Å². The number of hydrogen-bond acceptors (Lipinski definition) is 6. The monoisotopic (exact) mass is 411 g/mol. The van der Waals surface area contributed by atoms with E-state index in [1.807, 2.05) is 18.2 Å². The number of methoxy groups -OCH3 is 1. The molecular formula is C20H17N3O5S. The number of ether oxygens (including phenoxy) is 1. The first-order valence-electron chi connectivity index (χ1n) is 8.65. The zero-order valence-electron chi connectivity index (χ0n) is 15.6. The predicted molar refractivity (Wildman–Crippen MR) is 108 cm³/mol. The van der Waals surface area contributed by atoms with E-state index >= 15 is 0 Å². The van der Waals surface area contributed by atoms with E-state index in [1.165, 1.54) is 7.11 Å². The highest BCUT2D eigenvalue weighted by atomic mass is 32.2. The van der Waals surface area contributed by atoms with Crippen molar-refractivity contribution in [2.24, 2.45) is 0 Å². The molecule has 4 aromatic rings. The lowest BCUT2D eigenvalue weighted by molar-refractivity contribution is 0.282. The van der Waals surface area contributed by atoms with E-state index in [0.29, 0.717) is 22.3 Å². The maximum atomic E-state index is 13.0. The van der Waals surface area contributed by atoms with Gasteiger partial charge in [-0.15, -0.1) is 0 Å². The van der Waals surface area contributed by atoms with Gasteiger partial charge in [-0.05, 0) is 42.1 Å². The fourth-order valence-electron chi connectivity index (χ4n) is 3.03. The second-order valence-corrected chi connectivity index (χ2v) is 7.98. The lowest BCUT2D eigenvalue weighted by Crippen LogP contribution is -2.16.